The van der Waals surface area contributed by atoms with Crippen LogP contribution in [0.3, 0.4) is 0 Å². The van der Waals surface area contributed by atoms with Crippen LogP contribution < -0.4 is 10.6 Å². The van der Waals surface area contributed by atoms with Gasteiger partial charge < -0.3 is 10.6 Å². The van der Waals surface area contributed by atoms with Gasteiger partial charge in [0.05, 0.1) is 6.07 Å². The number of benzene rings is 1. The number of nitrogens with one attached hydrogen (secondary N) is 2. The Hall–Kier alpha value is -1.53. The van der Waals surface area contributed by atoms with Crippen LogP contribution in [0.15, 0.2) is 30.3 Å². The molecule has 3 heteroatoms. The molecule has 2 N–H and O–H groups in total. The monoisotopic (exact) mass is 215 g/mol. The molecule has 16 heavy (non-hydrogen) atoms. The molecule has 1 aromatic rings. The minimum atomic E-state index is -0.424. The second kappa shape index (κ2) is 4.54. The van der Waals surface area contributed by atoms with Crippen molar-refractivity contribution in [2.24, 2.45) is 5.92 Å². The Bertz CT molecular complexity index is 382. The molecule has 2 atom stereocenters. The molecule has 2 unspecified atom stereocenters. The summed E-state index contributed by atoms with van der Waals surface area (Å²) in [5.74, 6) is 0.312. The second-order valence-corrected chi connectivity index (χ2v) is 4.43. The first-order valence-electron chi connectivity index (χ1n) is 5.72. The lowest BCUT2D eigenvalue weighted by molar-refractivity contribution is 0.304. The van der Waals surface area contributed by atoms with E-state index in [1.165, 1.54) is 0 Å². The highest BCUT2D eigenvalue weighted by molar-refractivity contribution is 5.48. The third-order valence-electron chi connectivity index (χ3n) is 3.33. The molecular weight excluding hydrogens is 198 g/mol. The van der Waals surface area contributed by atoms with Gasteiger partial charge >= 0.3 is 0 Å². The normalized spacial score (nSPS) is 29.4. The highest BCUT2D eigenvalue weighted by Gasteiger charge is 2.38. The van der Waals surface area contributed by atoms with Crippen LogP contribution in [0.1, 0.15) is 13.3 Å². The number of nitrogens with zero attached hydrogens (tertiary/aromatic N) is 1. The lowest BCUT2D eigenvalue weighted by Gasteiger charge is -2.38. The zero-order valence-corrected chi connectivity index (χ0v) is 9.53. The van der Waals surface area contributed by atoms with Gasteiger partial charge in [0.25, 0.3) is 0 Å². The van der Waals surface area contributed by atoms with Gasteiger partial charge in [-0.25, -0.2) is 0 Å². The lowest BCUT2D eigenvalue weighted by atomic mass is 9.80. The summed E-state index contributed by atoms with van der Waals surface area (Å²) >= 11 is 0. The first-order valence-corrected chi connectivity index (χ1v) is 5.72. The average molecular weight is 215 g/mol. The van der Waals surface area contributed by atoms with Gasteiger partial charge in [0, 0.05) is 18.2 Å². The summed E-state index contributed by atoms with van der Waals surface area (Å²) in [6.07, 6.45) is 0.847. The largest absolute Gasteiger partial charge is 0.367 e. The zero-order chi connectivity index (χ0) is 11.4. The maximum absolute atomic E-state index is 9.43. The van der Waals surface area contributed by atoms with Gasteiger partial charge in [-0.3, -0.25) is 0 Å². The van der Waals surface area contributed by atoms with Crippen molar-refractivity contribution >= 4 is 5.69 Å². The van der Waals surface area contributed by atoms with Crippen LogP contribution in [0.2, 0.25) is 0 Å². The third kappa shape index (κ3) is 2.02. The number of para-hydroxylation sites is 1. The van der Waals surface area contributed by atoms with E-state index in [2.05, 4.69) is 23.6 Å². The Morgan fingerprint density at radius 1 is 1.44 bits per heavy atom. The van der Waals surface area contributed by atoms with Crippen LogP contribution in [0.25, 0.3) is 0 Å². The number of anilines is 1. The van der Waals surface area contributed by atoms with Crippen molar-refractivity contribution in [3.05, 3.63) is 30.3 Å². The van der Waals surface area contributed by atoms with E-state index in [0.717, 1.165) is 25.2 Å². The van der Waals surface area contributed by atoms with Crippen molar-refractivity contribution in [2.45, 2.75) is 18.9 Å². The Morgan fingerprint density at radius 2 is 2.19 bits per heavy atom. The number of piperidine rings is 1. The second-order valence-electron chi connectivity index (χ2n) is 4.43. The Kier molecular flexibility index (Phi) is 3.12. The van der Waals surface area contributed by atoms with Crippen LogP contribution >= 0.6 is 0 Å². The summed E-state index contributed by atoms with van der Waals surface area (Å²) in [6, 6.07) is 12.4. The third-order valence-corrected chi connectivity index (χ3v) is 3.33. The van der Waals surface area contributed by atoms with E-state index >= 15 is 0 Å². The smallest absolute Gasteiger partial charge is 0.130 e. The number of nitriles is 1. The van der Waals surface area contributed by atoms with Crippen molar-refractivity contribution in [1.29, 1.82) is 5.26 Å². The van der Waals surface area contributed by atoms with E-state index in [4.69, 9.17) is 0 Å². The van der Waals surface area contributed by atoms with Crippen molar-refractivity contribution in [3.63, 3.8) is 0 Å². The molecule has 1 fully saturated rings. The van der Waals surface area contributed by atoms with Gasteiger partial charge in [-0.05, 0) is 25.1 Å². The van der Waals surface area contributed by atoms with E-state index in [0.29, 0.717) is 5.92 Å². The predicted octanol–water partition coefficient (Wildman–Crippen LogP) is 1.99. The summed E-state index contributed by atoms with van der Waals surface area (Å²) in [5, 5.41) is 16.1. The first kappa shape index (κ1) is 11.0. The molecule has 1 aromatic carbocycles. The van der Waals surface area contributed by atoms with Crippen LogP contribution in [0, 0.1) is 17.2 Å². The molecule has 1 aliphatic rings. The zero-order valence-electron chi connectivity index (χ0n) is 9.53. The van der Waals surface area contributed by atoms with E-state index in [1.54, 1.807) is 0 Å². The molecule has 0 aliphatic carbocycles. The van der Waals surface area contributed by atoms with Crippen LogP contribution in [-0.4, -0.2) is 18.6 Å². The van der Waals surface area contributed by atoms with Crippen molar-refractivity contribution in [3.8, 4) is 6.07 Å². The molecule has 1 saturated heterocycles. The lowest BCUT2D eigenvalue weighted by Crippen LogP contribution is -2.53. The van der Waals surface area contributed by atoms with Gasteiger partial charge in [-0.2, -0.15) is 5.26 Å². The van der Waals surface area contributed by atoms with Crippen LogP contribution in [0.4, 0.5) is 5.69 Å². The molecule has 0 aromatic heterocycles. The average Bonchev–Trinajstić information content (AvgIpc) is 2.34. The molecular formula is C13H17N3. The van der Waals surface area contributed by atoms with Gasteiger partial charge in [0.2, 0.25) is 0 Å². The molecule has 84 valence electrons. The first-order chi connectivity index (χ1) is 7.77. The molecule has 0 bridgehead atoms. The highest BCUT2D eigenvalue weighted by Crippen LogP contribution is 2.28. The molecule has 1 heterocycles. The Morgan fingerprint density at radius 3 is 2.81 bits per heavy atom. The van der Waals surface area contributed by atoms with E-state index in [9.17, 15) is 5.26 Å². The van der Waals surface area contributed by atoms with E-state index in [1.807, 2.05) is 30.3 Å². The minimum absolute atomic E-state index is 0.312. The number of hydrogen-bond donors (Lipinski definition) is 2. The maximum Gasteiger partial charge on any atom is 0.130 e. The maximum atomic E-state index is 9.43. The van der Waals surface area contributed by atoms with E-state index in [-0.39, 0.29) is 0 Å². The molecule has 0 radical (unpaired) electrons. The topological polar surface area (TPSA) is 47.9 Å². The molecule has 0 spiro atoms. The van der Waals surface area contributed by atoms with Crippen LogP contribution in [0.5, 0.6) is 0 Å². The fourth-order valence-electron chi connectivity index (χ4n) is 2.18. The number of rotatable bonds is 2. The van der Waals surface area contributed by atoms with Crippen molar-refractivity contribution in [1.82, 2.24) is 5.32 Å². The minimum Gasteiger partial charge on any atom is -0.367 e. The Labute approximate surface area is 96.5 Å². The fraction of sp³-hybridized carbons (Fsp3) is 0.462. The van der Waals surface area contributed by atoms with E-state index < -0.39 is 5.54 Å². The molecule has 2 rings (SSSR count). The predicted molar refractivity (Wildman–Crippen MR) is 65.1 cm³/mol. The summed E-state index contributed by atoms with van der Waals surface area (Å²) in [7, 11) is 0. The van der Waals surface area contributed by atoms with Crippen molar-refractivity contribution in [2.75, 3.05) is 18.4 Å². The summed E-state index contributed by atoms with van der Waals surface area (Å²) in [5.41, 5.74) is 0.602. The highest BCUT2D eigenvalue weighted by atomic mass is 15.0. The van der Waals surface area contributed by atoms with Gasteiger partial charge in [0.15, 0.2) is 0 Å². The molecule has 1 aliphatic heterocycles. The summed E-state index contributed by atoms with van der Waals surface area (Å²) in [4.78, 5) is 0. The Balaban J connectivity index is 2.19. The number of hydrogen-bond acceptors (Lipinski definition) is 3. The summed E-state index contributed by atoms with van der Waals surface area (Å²) < 4.78 is 0. The quantitative estimate of drug-likeness (QED) is 0.793. The SMILES string of the molecule is CC1CNCCC1(C#N)Nc1ccccc1. The molecule has 0 saturated carbocycles. The van der Waals surface area contributed by atoms with Gasteiger partial charge in [-0.15, -0.1) is 0 Å². The molecule has 0 amide bonds. The molecule has 3 nitrogen and oxygen atoms in total. The van der Waals surface area contributed by atoms with Gasteiger partial charge in [-0.1, -0.05) is 25.1 Å². The summed E-state index contributed by atoms with van der Waals surface area (Å²) in [6.45, 7) is 3.91. The van der Waals surface area contributed by atoms with Crippen molar-refractivity contribution < 1.29 is 0 Å². The van der Waals surface area contributed by atoms with Gasteiger partial charge in [0.1, 0.15) is 5.54 Å². The van der Waals surface area contributed by atoms with Crippen LogP contribution in [-0.2, 0) is 0 Å². The standard InChI is InChI=1S/C13H17N3/c1-11-9-15-8-7-13(11,10-14)16-12-5-3-2-4-6-12/h2-6,11,15-16H,7-9H2,1H3. The fourth-order valence-corrected chi connectivity index (χ4v) is 2.18.